The van der Waals surface area contributed by atoms with Crippen molar-refractivity contribution in [2.45, 2.75) is 69.3 Å². The molecule has 3 amide bonds. The van der Waals surface area contributed by atoms with Crippen molar-refractivity contribution in [1.29, 1.82) is 0 Å². The maximum atomic E-state index is 13.0. The second kappa shape index (κ2) is 13.4. The molecule has 0 bridgehead atoms. The monoisotopic (exact) mass is 492 g/mol. The second-order valence-electron chi connectivity index (χ2n) is 8.46. The highest BCUT2D eigenvalue weighted by molar-refractivity contribution is 5.94. The minimum atomic E-state index is -1.48. The Bertz CT molecular complexity index is 902. The molecular weight excluding hydrogens is 460 g/mol. The number of rotatable bonds is 13. The summed E-state index contributed by atoms with van der Waals surface area (Å²) >= 11 is 0. The first-order valence-corrected chi connectivity index (χ1v) is 11.4. The van der Waals surface area contributed by atoms with Gasteiger partial charge in [0.25, 0.3) is 0 Å². The number of nitrogens with one attached hydrogen (secondary N) is 4. The summed E-state index contributed by atoms with van der Waals surface area (Å²) in [6.07, 6.45) is -0.708. The average molecular weight is 493 g/mol. The lowest BCUT2D eigenvalue weighted by atomic mass is 10.0. The third-order valence-corrected chi connectivity index (χ3v) is 5.62. The first-order chi connectivity index (χ1) is 16.6. The highest BCUT2D eigenvalue weighted by Crippen LogP contribution is 2.08. The maximum Gasteiger partial charge on any atom is 0.326 e. The number of carboxylic acids is 2. The summed E-state index contributed by atoms with van der Waals surface area (Å²) in [4.78, 5) is 60.8. The Balaban J connectivity index is 2.17. The molecule has 0 radical (unpaired) electrons. The second-order valence-corrected chi connectivity index (χ2v) is 8.46. The molecule has 1 aromatic rings. The van der Waals surface area contributed by atoms with E-state index in [1.807, 2.05) is 0 Å². The van der Waals surface area contributed by atoms with E-state index in [4.69, 9.17) is 5.11 Å². The lowest BCUT2D eigenvalue weighted by molar-refractivity contribution is -0.143. The molecule has 0 spiro atoms. The van der Waals surface area contributed by atoms with Crippen LogP contribution >= 0.6 is 0 Å². The van der Waals surface area contributed by atoms with Gasteiger partial charge in [0.05, 0.1) is 12.1 Å². The predicted octanol–water partition coefficient (Wildman–Crippen LogP) is -1.23. The number of carboxylic acid groups (broad SMARTS) is 2. The van der Waals surface area contributed by atoms with Crippen LogP contribution in [0.1, 0.15) is 38.2 Å². The van der Waals surface area contributed by atoms with Gasteiger partial charge in [0.15, 0.2) is 0 Å². The number of aliphatic hydroxyl groups is 1. The van der Waals surface area contributed by atoms with Crippen molar-refractivity contribution in [2.24, 2.45) is 0 Å². The van der Waals surface area contributed by atoms with Crippen LogP contribution in [0.3, 0.4) is 0 Å². The van der Waals surface area contributed by atoms with Crippen LogP contribution in [0, 0.1) is 0 Å². The van der Waals surface area contributed by atoms with Crippen molar-refractivity contribution in [3.8, 4) is 0 Å². The van der Waals surface area contributed by atoms with E-state index in [-0.39, 0.29) is 12.8 Å². The Kier molecular flexibility index (Phi) is 10.6. The third kappa shape index (κ3) is 8.98. The first-order valence-electron chi connectivity index (χ1n) is 11.4. The number of aliphatic hydroxyl groups excluding tert-OH is 1. The van der Waals surface area contributed by atoms with Gasteiger partial charge in [-0.3, -0.25) is 19.2 Å². The minimum absolute atomic E-state index is 0.00562. The van der Waals surface area contributed by atoms with Crippen LogP contribution in [0.2, 0.25) is 0 Å². The van der Waals surface area contributed by atoms with Crippen molar-refractivity contribution in [1.82, 2.24) is 21.3 Å². The number of amides is 3. The molecule has 1 aliphatic rings. The zero-order valence-corrected chi connectivity index (χ0v) is 19.4. The van der Waals surface area contributed by atoms with Gasteiger partial charge in [-0.1, -0.05) is 30.3 Å². The fourth-order valence-electron chi connectivity index (χ4n) is 3.69. The SMILES string of the molecule is CC(O)C(NC(=O)C1CCCN1)C(=O)NC(Cc1ccccc1)C(=O)NC(CCC(=O)O)C(=O)O. The summed E-state index contributed by atoms with van der Waals surface area (Å²) in [5.41, 5.74) is 0.665. The van der Waals surface area contributed by atoms with E-state index in [0.29, 0.717) is 18.5 Å². The summed E-state index contributed by atoms with van der Waals surface area (Å²) in [6, 6.07) is 4.08. The van der Waals surface area contributed by atoms with Gasteiger partial charge < -0.3 is 36.6 Å². The molecule has 1 aromatic carbocycles. The van der Waals surface area contributed by atoms with E-state index >= 15 is 0 Å². The molecular formula is C23H32N4O8. The Morgan fingerprint density at radius 2 is 1.66 bits per heavy atom. The van der Waals surface area contributed by atoms with E-state index < -0.39 is 66.4 Å². The molecule has 5 atom stereocenters. The van der Waals surface area contributed by atoms with Crippen molar-refractivity contribution in [2.75, 3.05) is 6.54 Å². The largest absolute Gasteiger partial charge is 0.481 e. The van der Waals surface area contributed by atoms with E-state index in [1.54, 1.807) is 30.3 Å². The molecule has 12 nitrogen and oxygen atoms in total. The molecule has 1 fully saturated rings. The van der Waals surface area contributed by atoms with Crippen molar-refractivity contribution in [3.05, 3.63) is 35.9 Å². The van der Waals surface area contributed by atoms with Gasteiger partial charge in [0.1, 0.15) is 18.1 Å². The van der Waals surface area contributed by atoms with Crippen molar-refractivity contribution in [3.63, 3.8) is 0 Å². The van der Waals surface area contributed by atoms with Crippen LogP contribution in [-0.2, 0) is 30.4 Å². The number of benzene rings is 1. The number of hydrogen-bond acceptors (Lipinski definition) is 7. The zero-order chi connectivity index (χ0) is 26.0. The van der Waals surface area contributed by atoms with Crippen LogP contribution in [0.4, 0.5) is 0 Å². The van der Waals surface area contributed by atoms with Gasteiger partial charge >= 0.3 is 11.9 Å². The summed E-state index contributed by atoms with van der Waals surface area (Å²) in [7, 11) is 0. The Labute approximate surface area is 202 Å². The molecule has 12 heteroatoms. The quantitative estimate of drug-likeness (QED) is 0.176. The molecule has 1 saturated heterocycles. The number of aliphatic carboxylic acids is 2. The topological polar surface area (TPSA) is 194 Å². The highest BCUT2D eigenvalue weighted by Gasteiger charge is 2.33. The maximum absolute atomic E-state index is 13.0. The molecule has 0 aliphatic carbocycles. The Morgan fingerprint density at radius 1 is 1.00 bits per heavy atom. The number of hydrogen-bond donors (Lipinski definition) is 7. The van der Waals surface area contributed by atoms with Gasteiger partial charge in [0, 0.05) is 12.8 Å². The molecule has 5 unspecified atom stereocenters. The fraction of sp³-hybridized carbons (Fsp3) is 0.522. The van der Waals surface area contributed by atoms with Crippen LogP contribution in [0.25, 0.3) is 0 Å². The van der Waals surface area contributed by atoms with E-state index in [0.717, 1.165) is 6.42 Å². The first kappa shape index (κ1) is 27.7. The normalized spacial score (nSPS) is 18.5. The van der Waals surface area contributed by atoms with Gasteiger partial charge in [-0.15, -0.1) is 0 Å². The predicted molar refractivity (Wildman–Crippen MR) is 123 cm³/mol. The lowest BCUT2D eigenvalue weighted by Crippen LogP contribution is -2.60. The van der Waals surface area contributed by atoms with Crippen LogP contribution in [0.5, 0.6) is 0 Å². The van der Waals surface area contributed by atoms with E-state index in [9.17, 15) is 34.2 Å². The highest BCUT2D eigenvalue weighted by atomic mass is 16.4. The molecule has 192 valence electrons. The van der Waals surface area contributed by atoms with Gasteiger partial charge in [-0.05, 0) is 38.3 Å². The summed E-state index contributed by atoms with van der Waals surface area (Å²) in [5, 5.41) is 38.6. The standard InChI is InChI=1S/C23H32N4O8/c1-13(28)19(27-20(31)15-8-5-11-24-15)22(33)26-17(12-14-6-3-2-4-7-14)21(32)25-16(23(34)35)9-10-18(29)30/h2-4,6-7,13,15-17,19,24,28H,5,8-12H2,1H3,(H,25,32)(H,26,33)(H,27,31)(H,29,30)(H,34,35). The summed E-state index contributed by atoms with van der Waals surface area (Å²) in [5.74, 6) is -4.74. The van der Waals surface area contributed by atoms with E-state index in [1.165, 1.54) is 6.92 Å². The molecule has 1 aliphatic heterocycles. The van der Waals surface area contributed by atoms with Crippen LogP contribution in [-0.4, -0.2) is 81.8 Å². The molecule has 35 heavy (non-hydrogen) atoms. The van der Waals surface area contributed by atoms with Gasteiger partial charge in [-0.2, -0.15) is 0 Å². The fourth-order valence-corrected chi connectivity index (χ4v) is 3.69. The van der Waals surface area contributed by atoms with Crippen LogP contribution < -0.4 is 21.3 Å². The van der Waals surface area contributed by atoms with Crippen molar-refractivity contribution >= 4 is 29.7 Å². The Morgan fingerprint density at radius 3 is 2.20 bits per heavy atom. The Hall–Kier alpha value is -3.51. The number of carbonyl (C=O) groups excluding carboxylic acids is 3. The molecule has 0 saturated carbocycles. The smallest absolute Gasteiger partial charge is 0.326 e. The third-order valence-electron chi connectivity index (χ3n) is 5.62. The summed E-state index contributed by atoms with van der Waals surface area (Å²) in [6.45, 7) is 1.99. The lowest BCUT2D eigenvalue weighted by Gasteiger charge is -2.26. The number of carbonyl (C=O) groups is 5. The average Bonchev–Trinajstić information content (AvgIpc) is 3.34. The van der Waals surface area contributed by atoms with Crippen molar-refractivity contribution < 1.29 is 39.3 Å². The molecule has 7 N–H and O–H groups in total. The molecule has 1 heterocycles. The zero-order valence-electron chi connectivity index (χ0n) is 19.4. The van der Waals surface area contributed by atoms with E-state index in [2.05, 4.69) is 21.3 Å². The molecule has 0 aromatic heterocycles. The van der Waals surface area contributed by atoms with Gasteiger partial charge in [-0.25, -0.2) is 4.79 Å². The molecule has 2 rings (SSSR count). The van der Waals surface area contributed by atoms with Gasteiger partial charge in [0.2, 0.25) is 17.7 Å². The van der Waals surface area contributed by atoms with Crippen LogP contribution in [0.15, 0.2) is 30.3 Å². The minimum Gasteiger partial charge on any atom is -0.481 e. The summed E-state index contributed by atoms with van der Waals surface area (Å²) < 4.78 is 0.